The van der Waals surface area contributed by atoms with Gasteiger partial charge < -0.3 is 10.8 Å². The van der Waals surface area contributed by atoms with Crippen LogP contribution in [0.25, 0.3) is 0 Å². The summed E-state index contributed by atoms with van der Waals surface area (Å²) in [4.78, 5) is 6.48. The average molecular weight is 277 g/mol. The van der Waals surface area contributed by atoms with Crippen LogP contribution in [0.1, 0.15) is 22.4 Å². The van der Waals surface area contributed by atoms with E-state index in [1.54, 1.807) is 11.3 Å². The largest absolute Gasteiger partial charge is 0.399 e. The van der Waals surface area contributed by atoms with Gasteiger partial charge in [0.15, 0.2) is 0 Å². The van der Waals surface area contributed by atoms with Crippen molar-refractivity contribution in [2.75, 3.05) is 19.3 Å². The highest BCUT2D eigenvalue weighted by molar-refractivity contribution is 7.09. The Morgan fingerprint density at radius 2 is 2.26 bits per heavy atom. The molecule has 4 nitrogen and oxygen atoms in total. The molecule has 1 aromatic heterocycles. The third-order valence-corrected chi connectivity index (χ3v) is 3.70. The number of benzene rings is 1. The van der Waals surface area contributed by atoms with Gasteiger partial charge in [-0.05, 0) is 31.7 Å². The summed E-state index contributed by atoms with van der Waals surface area (Å²) in [6.07, 6.45) is -0.534. The number of thiazole rings is 1. The molecule has 2 aromatic rings. The number of hydrogen-bond acceptors (Lipinski definition) is 5. The second-order valence-electron chi connectivity index (χ2n) is 4.74. The predicted molar refractivity (Wildman–Crippen MR) is 79.0 cm³/mol. The van der Waals surface area contributed by atoms with Crippen molar-refractivity contribution in [2.45, 2.75) is 19.6 Å². The van der Waals surface area contributed by atoms with Crippen LogP contribution in [0.15, 0.2) is 29.6 Å². The summed E-state index contributed by atoms with van der Waals surface area (Å²) in [5.41, 5.74) is 8.29. The number of hydrogen-bond donors (Lipinski definition) is 2. The standard InChI is InChI=1S/C14H19N3OS/c1-10-16-13(9-19-10)7-17(2)8-14(18)11-4-3-5-12(15)6-11/h3-6,9,14,18H,7-8,15H2,1-2H3. The highest BCUT2D eigenvalue weighted by Gasteiger charge is 2.12. The Kier molecular flexibility index (Phi) is 4.52. The highest BCUT2D eigenvalue weighted by Crippen LogP contribution is 2.17. The van der Waals surface area contributed by atoms with Crippen LogP contribution in [0.3, 0.4) is 0 Å². The fourth-order valence-electron chi connectivity index (χ4n) is 1.99. The van der Waals surface area contributed by atoms with Crippen LogP contribution in [0.5, 0.6) is 0 Å². The minimum Gasteiger partial charge on any atom is -0.399 e. The van der Waals surface area contributed by atoms with E-state index in [9.17, 15) is 5.11 Å². The second kappa shape index (κ2) is 6.14. The summed E-state index contributed by atoms with van der Waals surface area (Å²) in [7, 11) is 1.98. The summed E-state index contributed by atoms with van der Waals surface area (Å²) < 4.78 is 0. The van der Waals surface area contributed by atoms with Gasteiger partial charge in [0, 0.05) is 24.2 Å². The number of aliphatic hydroxyl groups is 1. The first-order chi connectivity index (χ1) is 9.04. The molecule has 0 radical (unpaired) electrons. The first-order valence-corrected chi connectivity index (χ1v) is 7.05. The molecule has 0 bridgehead atoms. The van der Waals surface area contributed by atoms with Gasteiger partial charge in [-0.2, -0.15) is 0 Å². The number of nitrogen functional groups attached to an aromatic ring is 1. The minimum absolute atomic E-state index is 0.534. The maximum atomic E-state index is 10.2. The minimum atomic E-state index is -0.534. The van der Waals surface area contributed by atoms with Gasteiger partial charge in [0.2, 0.25) is 0 Å². The molecule has 0 fully saturated rings. The molecule has 3 N–H and O–H groups in total. The van der Waals surface area contributed by atoms with E-state index in [0.717, 1.165) is 22.8 Å². The van der Waals surface area contributed by atoms with Crippen LogP contribution < -0.4 is 5.73 Å². The summed E-state index contributed by atoms with van der Waals surface area (Å²) in [6.45, 7) is 3.29. The number of nitrogens with zero attached hydrogens (tertiary/aromatic N) is 2. The molecule has 2 rings (SSSR count). The average Bonchev–Trinajstić information content (AvgIpc) is 2.74. The van der Waals surface area contributed by atoms with Gasteiger partial charge in [0.05, 0.1) is 16.8 Å². The zero-order valence-corrected chi connectivity index (χ0v) is 12.0. The van der Waals surface area contributed by atoms with E-state index < -0.39 is 6.10 Å². The Morgan fingerprint density at radius 3 is 2.89 bits per heavy atom. The fraction of sp³-hybridized carbons (Fsp3) is 0.357. The zero-order valence-electron chi connectivity index (χ0n) is 11.2. The van der Waals surface area contributed by atoms with Gasteiger partial charge in [-0.3, -0.25) is 4.90 Å². The van der Waals surface area contributed by atoms with E-state index in [4.69, 9.17) is 5.73 Å². The summed E-state index contributed by atoms with van der Waals surface area (Å²) in [6, 6.07) is 7.38. The normalized spacial score (nSPS) is 12.8. The van der Waals surface area contributed by atoms with E-state index >= 15 is 0 Å². The maximum absolute atomic E-state index is 10.2. The SMILES string of the molecule is Cc1nc(CN(C)CC(O)c2cccc(N)c2)cs1. The van der Waals surface area contributed by atoms with Gasteiger partial charge in [0.1, 0.15) is 0 Å². The van der Waals surface area contributed by atoms with Gasteiger partial charge in [-0.15, -0.1) is 11.3 Å². The molecule has 5 heteroatoms. The van der Waals surface area contributed by atoms with Crippen LogP contribution in [0.4, 0.5) is 5.69 Å². The van der Waals surface area contributed by atoms with E-state index in [2.05, 4.69) is 15.3 Å². The molecular formula is C14H19N3OS. The quantitative estimate of drug-likeness (QED) is 0.822. The van der Waals surface area contributed by atoms with Crippen LogP contribution in [0.2, 0.25) is 0 Å². The Balaban J connectivity index is 1.93. The van der Waals surface area contributed by atoms with Crippen molar-refractivity contribution >= 4 is 17.0 Å². The Hall–Kier alpha value is -1.43. The second-order valence-corrected chi connectivity index (χ2v) is 5.80. The lowest BCUT2D eigenvalue weighted by Gasteiger charge is -2.20. The molecule has 0 spiro atoms. The number of likely N-dealkylation sites (N-methyl/N-ethyl adjacent to an activating group) is 1. The van der Waals surface area contributed by atoms with Crippen molar-refractivity contribution < 1.29 is 5.11 Å². The summed E-state index contributed by atoms with van der Waals surface area (Å²) in [5.74, 6) is 0. The third kappa shape index (κ3) is 4.02. The molecule has 0 aliphatic rings. The Labute approximate surface area is 117 Å². The van der Waals surface area contributed by atoms with Crippen molar-refractivity contribution in [3.63, 3.8) is 0 Å². The highest BCUT2D eigenvalue weighted by atomic mass is 32.1. The van der Waals surface area contributed by atoms with Crippen molar-refractivity contribution in [1.29, 1.82) is 0 Å². The molecule has 0 amide bonds. The first-order valence-electron chi connectivity index (χ1n) is 6.17. The van der Waals surface area contributed by atoms with E-state index in [1.807, 2.05) is 38.2 Å². The van der Waals surface area contributed by atoms with Crippen LogP contribution in [-0.4, -0.2) is 28.6 Å². The molecule has 19 heavy (non-hydrogen) atoms. The lowest BCUT2D eigenvalue weighted by molar-refractivity contribution is 0.123. The number of rotatable bonds is 5. The molecule has 102 valence electrons. The van der Waals surface area contributed by atoms with E-state index in [1.165, 1.54) is 0 Å². The van der Waals surface area contributed by atoms with Crippen molar-refractivity contribution in [3.8, 4) is 0 Å². The van der Waals surface area contributed by atoms with Gasteiger partial charge in [-0.25, -0.2) is 4.98 Å². The molecule has 1 aromatic carbocycles. The van der Waals surface area contributed by atoms with E-state index in [0.29, 0.717) is 12.2 Å². The first kappa shape index (κ1) is 14.0. The fourth-order valence-corrected chi connectivity index (χ4v) is 2.59. The number of anilines is 1. The van der Waals surface area contributed by atoms with Gasteiger partial charge in [-0.1, -0.05) is 12.1 Å². The Bertz CT molecular complexity index is 541. The topological polar surface area (TPSA) is 62.4 Å². The number of aryl methyl sites for hydroxylation is 1. The number of aromatic nitrogens is 1. The summed E-state index contributed by atoms with van der Waals surface area (Å²) >= 11 is 1.65. The van der Waals surface area contributed by atoms with Crippen molar-refractivity contribution in [1.82, 2.24) is 9.88 Å². The number of nitrogens with two attached hydrogens (primary N) is 1. The predicted octanol–water partition coefficient (Wildman–Crippen LogP) is 2.20. The van der Waals surface area contributed by atoms with Gasteiger partial charge >= 0.3 is 0 Å². The molecule has 1 heterocycles. The Morgan fingerprint density at radius 1 is 1.47 bits per heavy atom. The zero-order chi connectivity index (χ0) is 13.8. The molecule has 0 aliphatic heterocycles. The molecule has 1 unspecified atom stereocenters. The maximum Gasteiger partial charge on any atom is 0.0917 e. The van der Waals surface area contributed by atoms with Crippen LogP contribution in [0, 0.1) is 6.92 Å². The van der Waals surface area contributed by atoms with Crippen LogP contribution >= 0.6 is 11.3 Å². The number of aliphatic hydroxyl groups excluding tert-OH is 1. The van der Waals surface area contributed by atoms with Gasteiger partial charge in [0.25, 0.3) is 0 Å². The lowest BCUT2D eigenvalue weighted by atomic mass is 10.1. The van der Waals surface area contributed by atoms with E-state index in [-0.39, 0.29) is 0 Å². The summed E-state index contributed by atoms with van der Waals surface area (Å²) in [5, 5.41) is 13.3. The monoisotopic (exact) mass is 277 g/mol. The van der Waals surface area contributed by atoms with Crippen LogP contribution in [-0.2, 0) is 6.54 Å². The lowest BCUT2D eigenvalue weighted by Crippen LogP contribution is -2.24. The molecule has 0 aliphatic carbocycles. The third-order valence-electron chi connectivity index (χ3n) is 2.88. The van der Waals surface area contributed by atoms with Crippen molar-refractivity contribution in [3.05, 3.63) is 45.9 Å². The molecular weight excluding hydrogens is 258 g/mol. The molecule has 0 saturated heterocycles. The molecule has 0 saturated carbocycles. The molecule has 1 atom stereocenters. The van der Waals surface area contributed by atoms with Crippen molar-refractivity contribution in [2.24, 2.45) is 0 Å². The smallest absolute Gasteiger partial charge is 0.0917 e.